The van der Waals surface area contributed by atoms with Crippen molar-refractivity contribution in [3.05, 3.63) is 12.6 Å². The first-order chi connectivity index (χ1) is 3.80. The summed E-state index contributed by atoms with van der Waals surface area (Å²) in [6, 6.07) is 0. The van der Waals surface area contributed by atoms with E-state index in [2.05, 4.69) is 10.9 Å². The molecule has 0 saturated heterocycles. The molecule has 0 bridgehead atoms. The van der Waals surface area contributed by atoms with Crippen LogP contribution in [0.15, 0.2) is 22.1 Å². The van der Waals surface area contributed by atoms with Crippen LogP contribution in [0.1, 0.15) is 0 Å². The third kappa shape index (κ3) is 0.980. The van der Waals surface area contributed by atoms with Crippen LogP contribution < -0.4 is 0 Å². The fourth-order valence-corrected chi connectivity index (χ4v) is 0.824. The fraction of sp³-hybridized carbons (Fsp3) is 0.200. The molecule has 1 atom stereocenters. The van der Waals surface area contributed by atoms with Gasteiger partial charge in [0.15, 0.2) is 11.5 Å². The van der Waals surface area contributed by atoms with Crippen LogP contribution in [0.5, 0.6) is 0 Å². The Morgan fingerprint density at radius 1 is 1.88 bits per heavy atom. The summed E-state index contributed by atoms with van der Waals surface area (Å²) in [5.74, 6) is 3.77. The summed E-state index contributed by atoms with van der Waals surface area (Å²) in [4.78, 5) is 3.74. The number of nitrogens with zero attached hydrogens (tertiary/aromatic N) is 1. The van der Waals surface area contributed by atoms with Gasteiger partial charge in [-0.3, -0.25) is 0 Å². The molecular formula is C5H7NOS. The third-order valence-corrected chi connectivity index (χ3v) is 1.64. The lowest BCUT2D eigenvalue weighted by Crippen LogP contribution is -1.60. The molecule has 1 aromatic heterocycles. The van der Waals surface area contributed by atoms with Gasteiger partial charge in [0, 0.05) is 0 Å². The lowest BCUT2D eigenvalue weighted by molar-refractivity contribution is 0.470. The van der Waals surface area contributed by atoms with Crippen LogP contribution in [0.25, 0.3) is 0 Å². The number of rotatable bonds is 1. The van der Waals surface area contributed by atoms with Crippen LogP contribution in [0.3, 0.4) is 0 Å². The van der Waals surface area contributed by atoms with Crippen molar-refractivity contribution in [1.82, 2.24) is 4.98 Å². The van der Waals surface area contributed by atoms with Gasteiger partial charge in [-0.2, -0.15) is 0 Å². The third-order valence-electron chi connectivity index (χ3n) is 0.753. The molecule has 0 fully saturated rings. The van der Waals surface area contributed by atoms with Crippen LogP contribution in [0, 0.1) is 0 Å². The highest BCUT2D eigenvalue weighted by molar-refractivity contribution is 8.13. The summed E-state index contributed by atoms with van der Waals surface area (Å²) in [7, 11) is -0.0270. The van der Waals surface area contributed by atoms with E-state index < -0.39 is 0 Å². The summed E-state index contributed by atoms with van der Waals surface area (Å²) in [6.45, 7) is 0. The molecular weight excluding hydrogens is 122 g/mol. The molecule has 0 saturated carbocycles. The predicted octanol–water partition coefficient (Wildman–Crippen LogP) is 1.36. The van der Waals surface area contributed by atoms with E-state index in [-0.39, 0.29) is 10.5 Å². The van der Waals surface area contributed by atoms with Crippen molar-refractivity contribution in [2.75, 3.05) is 6.26 Å². The second-order valence-corrected chi connectivity index (χ2v) is 3.13. The Bertz CT molecular complexity index is 180. The van der Waals surface area contributed by atoms with Crippen LogP contribution in [-0.4, -0.2) is 17.1 Å². The van der Waals surface area contributed by atoms with Crippen LogP contribution in [0.2, 0.25) is 0 Å². The first-order valence-electron chi connectivity index (χ1n) is 2.15. The number of oxazole rings is 1. The van der Waals surface area contributed by atoms with Crippen LogP contribution >= 0.6 is 10.5 Å². The van der Waals surface area contributed by atoms with Gasteiger partial charge in [0.1, 0.15) is 0 Å². The van der Waals surface area contributed by atoms with Crippen LogP contribution in [-0.2, 0) is 0 Å². The maximum Gasteiger partial charge on any atom is 0.182 e. The molecule has 1 aromatic rings. The molecule has 0 aliphatic rings. The van der Waals surface area contributed by atoms with Gasteiger partial charge in [0.25, 0.3) is 0 Å². The molecule has 1 heterocycles. The minimum absolute atomic E-state index is 0.0270. The van der Waals surface area contributed by atoms with Crippen molar-refractivity contribution < 1.29 is 4.42 Å². The fourth-order valence-electron chi connectivity index (χ4n) is 0.376. The zero-order chi connectivity index (χ0) is 5.98. The highest BCUT2D eigenvalue weighted by atomic mass is 32.2. The van der Waals surface area contributed by atoms with E-state index in [1.165, 1.54) is 6.39 Å². The zero-order valence-electron chi connectivity index (χ0n) is 4.63. The summed E-state index contributed by atoms with van der Waals surface area (Å²) in [5.41, 5.74) is 0. The van der Waals surface area contributed by atoms with Gasteiger partial charge < -0.3 is 4.42 Å². The number of hydrogen-bond donors (Lipinski definition) is 0. The summed E-state index contributed by atoms with van der Waals surface area (Å²) >= 11 is 0. The second-order valence-electron chi connectivity index (χ2n) is 1.46. The van der Waals surface area contributed by atoms with Crippen molar-refractivity contribution in [1.29, 1.82) is 0 Å². The van der Waals surface area contributed by atoms with E-state index in [0.29, 0.717) is 0 Å². The Hall–Kier alpha value is -0.570. The van der Waals surface area contributed by atoms with E-state index in [4.69, 9.17) is 4.42 Å². The van der Waals surface area contributed by atoms with Gasteiger partial charge in [-0.05, 0) is 6.26 Å². The first kappa shape index (κ1) is 5.56. The summed E-state index contributed by atoms with van der Waals surface area (Å²) < 4.78 is 4.93. The SMILES string of the molecule is C=S(C)c1cnco1. The average molecular weight is 129 g/mol. The van der Waals surface area contributed by atoms with E-state index in [1.807, 2.05) is 6.26 Å². The average Bonchev–Trinajstić information content (AvgIpc) is 2.12. The zero-order valence-corrected chi connectivity index (χ0v) is 5.44. The Kier molecular flexibility index (Phi) is 1.48. The van der Waals surface area contributed by atoms with Gasteiger partial charge >= 0.3 is 0 Å². The smallest absolute Gasteiger partial charge is 0.182 e. The van der Waals surface area contributed by atoms with Crippen molar-refractivity contribution in [2.24, 2.45) is 0 Å². The van der Waals surface area contributed by atoms with Gasteiger partial charge in [-0.1, -0.05) is 5.87 Å². The Labute approximate surface area is 50.5 Å². The number of aromatic nitrogens is 1. The topological polar surface area (TPSA) is 26.0 Å². The maximum absolute atomic E-state index is 4.93. The normalized spacial score (nSPS) is 13.6. The monoisotopic (exact) mass is 129 g/mol. The van der Waals surface area contributed by atoms with Gasteiger partial charge in [0.05, 0.1) is 6.20 Å². The molecule has 1 unspecified atom stereocenters. The minimum atomic E-state index is -0.0270. The molecule has 44 valence electrons. The van der Waals surface area contributed by atoms with E-state index in [0.717, 1.165) is 5.09 Å². The largest absolute Gasteiger partial charge is 0.438 e. The molecule has 1 rings (SSSR count). The van der Waals surface area contributed by atoms with Crippen molar-refractivity contribution in [3.8, 4) is 0 Å². The Morgan fingerprint density at radius 3 is 2.88 bits per heavy atom. The highest BCUT2D eigenvalue weighted by Gasteiger charge is 1.90. The second kappa shape index (κ2) is 2.13. The Morgan fingerprint density at radius 2 is 2.62 bits per heavy atom. The number of hydrogen-bond acceptors (Lipinski definition) is 2. The molecule has 0 aromatic carbocycles. The molecule has 0 amide bonds. The highest BCUT2D eigenvalue weighted by Crippen LogP contribution is 2.17. The van der Waals surface area contributed by atoms with Crippen LogP contribution in [0.4, 0.5) is 0 Å². The Balaban J connectivity index is 2.93. The summed E-state index contributed by atoms with van der Waals surface area (Å²) in [6.07, 6.45) is 5.10. The maximum atomic E-state index is 4.93. The van der Waals surface area contributed by atoms with Crippen molar-refractivity contribution in [3.63, 3.8) is 0 Å². The van der Waals surface area contributed by atoms with Gasteiger partial charge in [-0.25, -0.2) is 4.98 Å². The molecule has 0 spiro atoms. The lowest BCUT2D eigenvalue weighted by Gasteiger charge is -1.87. The predicted molar refractivity (Wildman–Crippen MR) is 35.4 cm³/mol. The lowest BCUT2D eigenvalue weighted by atomic mass is 11.0. The van der Waals surface area contributed by atoms with Crippen molar-refractivity contribution >= 4 is 16.4 Å². The molecule has 0 N–H and O–H groups in total. The van der Waals surface area contributed by atoms with Gasteiger partial charge in [0.2, 0.25) is 0 Å². The van der Waals surface area contributed by atoms with E-state index >= 15 is 0 Å². The van der Waals surface area contributed by atoms with Crippen molar-refractivity contribution in [2.45, 2.75) is 5.09 Å². The molecule has 0 radical (unpaired) electrons. The van der Waals surface area contributed by atoms with E-state index in [9.17, 15) is 0 Å². The summed E-state index contributed by atoms with van der Waals surface area (Å²) in [5, 5.41) is 0.866. The molecule has 0 aliphatic heterocycles. The standard InChI is InChI=1S/C5H7NOS/c1-8(2)5-3-6-4-7-5/h3-4H,1H2,2H3. The quantitative estimate of drug-likeness (QED) is 0.535. The molecule has 0 aliphatic carbocycles. The minimum Gasteiger partial charge on any atom is -0.438 e. The van der Waals surface area contributed by atoms with E-state index in [1.54, 1.807) is 6.20 Å². The molecule has 2 nitrogen and oxygen atoms in total. The molecule has 3 heteroatoms. The van der Waals surface area contributed by atoms with Gasteiger partial charge in [-0.15, -0.1) is 10.5 Å². The first-order valence-corrected chi connectivity index (χ1v) is 3.95. The molecule has 8 heavy (non-hydrogen) atoms.